The second kappa shape index (κ2) is 7.53. The van der Waals surface area contributed by atoms with Crippen LogP contribution in [0, 0.1) is 0 Å². The first kappa shape index (κ1) is 19.6. The van der Waals surface area contributed by atoms with Crippen molar-refractivity contribution in [1.82, 2.24) is 0 Å². The highest BCUT2D eigenvalue weighted by molar-refractivity contribution is 7.39. The number of nitrogens with zero attached hydrogens (tertiary/aromatic N) is 1. The van der Waals surface area contributed by atoms with E-state index >= 15 is 0 Å². The molecule has 0 saturated carbocycles. The maximum Gasteiger partial charge on any atom is 0.341 e. The molecule has 1 aromatic heterocycles. The molecule has 0 spiro atoms. The second-order valence-electron chi connectivity index (χ2n) is 8.69. The third-order valence-corrected chi connectivity index (χ3v) is 8.20. The van der Waals surface area contributed by atoms with Crippen LogP contribution in [0.15, 0.2) is 69.1 Å². The van der Waals surface area contributed by atoms with E-state index < -0.39 is 8.16 Å². The summed E-state index contributed by atoms with van der Waals surface area (Å²) < 4.78 is 28.3. The topological polar surface area (TPSA) is 48.0 Å². The lowest BCUT2D eigenvalue weighted by Crippen LogP contribution is -2.32. The van der Waals surface area contributed by atoms with Gasteiger partial charge in [0.1, 0.15) is 34.9 Å². The summed E-state index contributed by atoms with van der Waals surface area (Å²) in [5, 5.41) is 1.81. The first-order valence-electron chi connectivity index (χ1n) is 11.2. The number of ether oxygens (including phenoxy) is 2. The minimum absolute atomic E-state index is 0.0991. The molecule has 32 heavy (non-hydrogen) atoms. The number of anilines is 1. The van der Waals surface area contributed by atoms with Crippen LogP contribution in [0.1, 0.15) is 32.8 Å². The average molecular weight is 447 g/mol. The van der Waals surface area contributed by atoms with Gasteiger partial charge in [-0.1, -0.05) is 30.3 Å². The fraction of sp³-hybridized carbons (Fsp3) is 0.308. The number of hydrogen-bond acceptors (Lipinski definition) is 5. The van der Waals surface area contributed by atoms with Gasteiger partial charge in [0.15, 0.2) is 0 Å². The summed E-state index contributed by atoms with van der Waals surface area (Å²) in [4.78, 5) is 0. The number of hydrogen-bond donors (Lipinski definition) is 0. The summed E-state index contributed by atoms with van der Waals surface area (Å²) in [6.45, 7) is 6.31. The average Bonchev–Trinajstić information content (AvgIpc) is 2.96. The van der Waals surface area contributed by atoms with E-state index in [4.69, 9.17) is 17.9 Å². The van der Waals surface area contributed by atoms with Gasteiger partial charge in [-0.15, -0.1) is 0 Å². The molecule has 0 bridgehead atoms. The molecule has 2 aliphatic rings. The van der Waals surface area contributed by atoms with E-state index in [1.54, 1.807) is 0 Å². The predicted octanol–water partition coefficient (Wildman–Crippen LogP) is 7.44. The zero-order valence-electron chi connectivity index (χ0n) is 18.4. The third-order valence-electron chi connectivity index (χ3n) is 6.53. The number of aryl methyl sites for hydroxylation is 1. The molecule has 0 aliphatic carbocycles. The van der Waals surface area contributed by atoms with Crippen molar-refractivity contribution in [3.05, 3.63) is 66.2 Å². The van der Waals surface area contributed by atoms with Crippen LogP contribution >= 0.6 is 8.16 Å². The van der Waals surface area contributed by atoms with E-state index in [0.717, 1.165) is 46.3 Å². The predicted molar refractivity (Wildman–Crippen MR) is 129 cm³/mol. The molecule has 3 atom stereocenters. The van der Waals surface area contributed by atoms with E-state index in [1.807, 2.05) is 50.2 Å². The van der Waals surface area contributed by atoms with E-state index in [1.165, 1.54) is 11.3 Å². The first-order chi connectivity index (χ1) is 15.6. The zero-order valence-corrected chi connectivity index (χ0v) is 19.3. The van der Waals surface area contributed by atoms with Gasteiger partial charge in [0.25, 0.3) is 0 Å². The Morgan fingerprint density at radius 3 is 1.97 bits per heavy atom. The molecule has 3 heterocycles. The highest BCUT2D eigenvalue weighted by Crippen LogP contribution is 2.48. The van der Waals surface area contributed by atoms with E-state index in [-0.39, 0.29) is 12.2 Å². The standard InChI is InChI=1S/C26H26NO4P/c1-16-14-15-19-8-4-5-9-20(19)27(16)32-30-23-12-6-10-21-25(23)26-22(11-7-13-24(26)31-32)29-18(3)17(2)28-21/h4-13,16-18H,14-15H2,1-3H3/t16-,17+,18+/m1/s1. The Kier molecular flexibility index (Phi) is 4.62. The van der Waals surface area contributed by atoms with Crippen molar-refractivity contribution in [2.75, 3.05) is 4.67 Å². The molecule has 0 radical (unpaired) electrons. The van der Waals surface area contributed by atoms with Gasteiger partial charge in [0.2, 0.25) is 0 Å². The largest absolute Gasteiger partial charge is 0.486 e. The molecule has 6 heteroatoms. The zero-order chi connectivity index (χ0) is 21.8. The smallest absolute Gasteiger partial charge is 0.341 e. The quantitative estimate of drug-likeness (QED) is 0.303. The summed E-state index contributed by atoms with van der Waals surface area (Å²) in [7, 11) is -1.43. The molecule has 0 fully saturated rings. The van der Waals surface area contributed by atoms with Crippen LogP contribution in [0.5, 0.6) is 11.5 Å². The molecule has 5 nitrogen and oxygen atoms in total. The van der Waals surface area contributed by atoms with Crippen molar-refractivity contribution in [3.8, 4) is 11.5 Å². The molecule has 0 unspecified atom stereocenters. The van der Waals surface area contributed by atoms with E-state index in [0.29, 0.717) is 6.04 Å². The molecule has 164 valence electrons. The van der Waals surface area contributed by atoms with Crippen molar-refractivity contribution in [3.63, 3.8) is 0 Å². The monoisotopic (exact) mass is 447 g/mol. The molecular weight excluding hydrogens is 421 g/mol. The summed E-state index contributed by atoms with van der Waals surface area (Å²) in [6, 6.07) is 20.9. The normalized spacial score (nSPS) is 22.1. The van der Waals surface area contributed by atoms with Crippen molar-refractivity contribution < 1.29 is 17.9 Å². The Balaban J connectivity index is 1.71. The maximum absolute atomic E-state index is 6.67. The Morgan fingerprint density at radius 1 is 0.750 bits per heavy atom. The van der Waals surface area contributed by atoms with Crippen LogP contribution in [0.3, 0.4) is 0 Å². The van der Waals surface area contributed by atoms with Gasteiger partial charge in [-0.05, 0) is 69.5 Å². The lowest BCUT2D eigenvalue weighted by molar-refractivity contribution is 0.0786. The van der Waals surface area contributed by atoms with Crippen LogP contribution < -0.4 is 14.1 Å². The van der Waals surface area contributed by atoms with E-state index in [2.05, 4.69) is 35.9 Å². The lowest BCUT2D eigenvalue weighted by Gasteiger charge is -2.33. The Bertz CT molecular complexity index is 1290. The number of benzene rings is 3. The van der Waals surface area contributed by atoms with Crippen LogP contribution in [-0.2, 0) is 6.42 Å². The van der Waals surface area contributed by atoms with Crippen LogP contribution in [0.2, 0.25) is 0 Å². The molecule has 0 saturated heterocycles. The summed E-state index contributed by atoms with van der Waals surface area (Å²) >= 11 is 0. The van der Waals surface area contributed by atoms with E-state index in [9.17, 15) is 0 Å². The fourth-order valence-electron chi connectivity index (χ4n) is 4.65. The van der Waals surface area contributed by atoms with Gasteiger partial charge in [0, 0.05) is 6.04 Å². The van der Waals surface area contributed by atoms with Gasteiger partial charge in [-0.25, -0.2) is 0 Å². The number of rotatable bonds is 1. The van der Waals surface area contributed by atoms with Crippen molar-refractivity contribution in [2.24, 2.45) is 0 Å². The Labute approximate surface area is 188 Å². The Morgan fingerprint density at radius 2 is 1.34 bits per heavy atom. The van der Waals surface area contributed by atoms with Gasteiger partial charge in [-0.2, -0.15) is 0 Å². The van der Waals surface area contributed by atoms with Gasteiger partial charge >= 0.3 is 8.16 Å². The molecule has 0 amide bonds. The van der Waals surface area contributed by atoms with Crippen LogP contribution in [-0.4, -0.2) is 18.2 Å². The number of fused-ring (bicyclic) bond motifs is 1. The minimum Gasteiger partial charge on any atom is -0.486 e. The van der Waals surface area contributed by atoms with Crippen LogP contribution in [0.25, 0.3) is 21.9 Å². The molecule has 6 rings (SSSR count). The summed E-state index contributed by atoms with van der Waals surface area (Å²) in [5.41, 5.74) is 4.05. The molecule has 2 aliphatic heterocycles. The summed E-state index contributed by atoms with van der Waals surface area (Å²) in [5.74, 6) is 1.60. The maximum atomic E-state index is 6.67. The second-order valence-corrected chi connectivity index (χ2v) is 9.96. The van der Waals surface area contributed by atoms with Crippen molar-refractivity contribution in [2.45, 2.75) is 51.9 Å². The van der Waals surface area contributed by atoms with Gasteiger partial charge in [0.05, 0.1) is 16.5 Å². The molecular formula is C26H26NO4P. The third kappa shape index (κ3) is 3.07. The van der Waals surface area contributed by atoms with Crippen molar-refractivity contribution >= 4 is 35.8 Å². The van der Waals surface area contributed by atoms with Crippen molar-refractivity contribution in [1.29, 1.82) is 0 Å². The fourth-order valence-corrected chi connectivity index (χ4v) is 6.31. The lowest BCUT2D eigenvalue weighted by atomic mass is 9.99. The first-order valence-corrected chi connectivity index (χ1v) is 12.4. The van der Waals surface area contributed by atoms with Crippen LogP contribution in [0.4, 0.5) is 5.69 Å². The highest BCUT2D eigenvalue weighted by Gasteiger charge is 2.29. The number of para-hydroxylation sites is 1. The highest BCUT2D eigenvalue weighted by atomic mass is 31.1. The molecule has 3 aromatic carbocycles. The molecule has 0 N–H and O–H groups in total. The minimum atomic E-state index is -1.43. The summed E-state index contributed by atoms with van der Waals surface area (Å²) in [6.07, 6.45) is 1.93. The van der Waals surface area contributed by atoms with Gasteiger partial charge < -0.3 is 17.9 Å². The van der Waals surface area contributed by atoms with Gasteiger partial charge in [-0.3, -0.25) is 4.67 Å². The Hall–Kier alpha value is -3.04. The SMILES string of the molecule is C[C@@H]1Oc2cccc3op(N4c5ccccc5CC[C@H]4C)oc4cccc(c4c23)O[C@H]1C. The molecule has 4 aromatic rings.